The molecule has 0 aliphatic rings. The highest BCUT2D eigenvalue weighted by Gasteiger charge is 2.13. The molecule has 1 heterocycles. The van der Waals surface area contributed by atoms with Gasteiger partial charge in [0.2, 0.25) is 5.91 Å². The number of furan rings is 1. The van der Waals surface area contributed by atoms with Gasteiger partial charge in [-0.25, -0.2) is 4.79 Å². The average molecular weight is 316 g/mol. The van der Waals surface area contributed by atoms with E-state index in [4.69, 9.17) is 4.42 Å². The van der Waals surface area contributed by atoms with Gasteiger partial charge in [0, 0.05) is 5.69 Å². The van der Waals surface area contributed by atoms with E-state index in [1.807, 2.05) is 0 Å². The van der Waals surface area contributed by atoms with Crippen molar-refractivity contribution in [3.05, 3.63) is 53.5 Å². The first kappa shape index (κ1) is 16.3. The number of rotatable bonds is 5. The molecular weight excluding hydrogens is 300 g/mol. The highest BCUT2D eigenvalue weighted by Crippen LogP contribution is 2.11. The fourth-order valence-electron chi connectivity index (χ4n) is 1.92. The summed E-state index contributed by atoms with van der Waals surface area (Å²) in [5.41, 5.74) is 1.14. The molecule has 7 heteroatoms. The molecule has 0 saturated heterocycles. The second kappa shape index (κ2) is 7.26. The molecule has 0 atom stereocenters. The molecule has 0 fully saturated rings. The molecule has 120 valence electrons. The van der Waals surface area contributed by atoms with Crippen molar-refractivity contribution in [2.75, 3.05) is 19.0 Å². The fraction of sp³-hybridized carbons (Fsp3) is 0.188. The highest BCUT2D eigenvalue weighted by molar-refractivity contribution is 6.00. The van der Waals surface area contributed by atoms with E-state index in [0.717, 1.165) is 0 Å². The zero-order chi connectivity index (χ0) is 16.8. The Kier molecular flexibility index (Phi) is 5.14. The van der Waals surface area contributed by atoms with E-state index in [-0.39, 0.29) is 6.54 Å². The summed E-state index contributed by atoms with van der Waals surface area (Å²) in [6.45, 7) is 1.46. The molecule has 0 bridgehead atoms. The Labute approximate surface area is 132 Å². The van der Waals surface area contributed by atoms with Crippen LogP contribution in [-0.2, 0) is 9.53 Å². The molecule has 0 spiro atoms. The molecule has 0 aliphatic carbocycles. The molecular formula is C16H16N2O5. The first-order chi connectivity index (χ1) is 11.0. The lowest BCUT2D eigenvalue weighted by atomic mass is 10.2. The summed E-state index contributed by atoms with van der Waals surface area (Å²) in [6.07, 6.45) is 1.41. The average Bonchev–Trinajstić information content (AvgIpc) is 2.98. The van der Waals surface area contributed by atoms with Gasteiger partial charge in [0.1, 0.15) is 5.76 Å². The molecule has 0 radical (unpaired) electrons. The number of nitrogens with one attached hydrogen (secondary N) is 2. The Morgan fingerprint density at radius 2 is 2.00 bits per heavy atom. The van der Waals surface area contributed by atoms with Crippen molar-refractivity contribution in [1.82, 2.24) is 5.32 Å². The molecule has 1 aromatic carbocycles. The molecule has 2 aromatic rings. The summed E-state index contributed by atoms with van der Waals surface area (Å²) in [7, 11) is 1.28. The molecule has 2 rings (SSSR count). The lowest BCUT2D eigenvalue weighted by Crippen LogP contribution is -2.33. The lowest BCUT2D eigenvalue weighted by Gasteiger charge is -2.08. The van der Waals surface area contributed by atoms with Crippen molar-refractivity contribution in [3.63, 3.8) is 0 Å². The first-order valence-corrected chi connectivity index (χ1v) is 6.82. The summed E-state index contributed by atoms with van der Waals surface area (Å²) in [4.78, 5) is 35.1. The number of hydrogen-bond donors (Lipinski definition) is 2. The molecule has 2 N–H and O–H groups in total. The maximum atomic E-state index is 11.9. The fourth-order valence-corrected chi connectivity index (χ4v) is 1.92. The monoisotopic (exact) mass is 316 g/mol. The number of methoxy groups -OCH3 is 1. The van der Waals surface area contributed by atoms with Gasteiger partial charge in [0.25, 0.3) is 5.91 Å². The van der Waals surface area contributed by atoms with Crippen LogP contribution in [0.3, 0.4) is 0 Å². The van der Waals surface area contributed by atoms with Gasteiger partial charge in [-0.1, -0.05) is 6.07 Å². The number of benzene rings is 1. The van der Waals surface area contributed by atoms with Gasteiger partial charge >= 0.3 is 5.97 Å². The SMILES string of the molecule is COC(=O)c1cccc(NC(=O)CNC(=O)c2ccoc2C)c1. The Morgan fingerprint density at radius 3 is 2.65 bits per heavy atom. The van der Waals surface area contributed by atoms with Gasteiger partial charge in [-0.05, 0) is 31.2 Å². The van der Waals surface area contributed by atoms with Crippen molar-refractivity contribution in [3.8, 4) is 0 Å². The Balaban J connectivity index is 1.91. The smallest absolute Gasteiger partial charge is 0.337 e. The van der Waals surface area contributed by atoms with Crippen molar-refractivity contribution in [2.45, 2.75) is 6.92 Å². The van der Waals surface area contributed by atoms with Crippen molar-refractivity contribution in [1.29, 1.82) is 0 Å². The van der Waals surface area contributed by atoms with Gasteiger partial charge in [-0.2, -0.15) is 0 Å². The molecule has 0 saturated carbocycles. The Morgan fingerprint density at radius 1 is 1.22 bits per heavy atom. The second-order valence-corrected chi connectivity index (χ2v) is 4.69. The van der Waals surface area contributed by atoms with Gasteiger partial charge in [-0.15, -0.1) is 0 Å². The molecule has 2 amide bonds. The van der Waals surface area contributed by atoms with Crippen molar-refractivity contribution >= 4 is 23.5 Å². The normalized spacial score (nSPS) is 10.0. The molecule has 0 unspecified atom stereocenters. The predicted molar refractivity (Wildman–Crippen MR) is 82.2 cm³/mol. The minimum atomic E-state index is -0.496. The number of amides is 2. The number of hydrogen-bond acceptors (Lipinski definition) is 5. The standard InChI is InChI=1S/C16H16N2O5/c1-10-13(6-7-23-10)15(20)17-9-14(19)18-12-5-3-4-11(8-12)16(21)22-2/h3-8H,9H2,1-2H3,(H,17,20)(H,18,19). The maximum absolute atomic E-state index is 11.9. The van der Waals surface area contributed by atoms with E-state index in [9.17, 15) is 14.4 Å². The van der Waals surface area contributed by atoms with Crippen LogP contribution in [0.15, 0.2) is 41.0 Å². The number of anilines is 1. The van der Waals surface area contributed by atoms with Gasteiger partial charge in [0.15, 0.2) is 0 Å². The van der Waals surface area contributed by atoms with Crippen LogP contribution in [0, 0.1) is 6.92 Å². The van der Waals surface area contributed by atoms with Crippen LogP contribution in [0.4, 0.5) is 5.69 Å². The van der Waals surface area contributed by atoms with E-state index in [1.54, 1.807) is 25.1 Å². The van der Waals surface area contributed by atoms with Crippen LogP contribution in [0.5, 0.6) is 0 Å². The summed E-state index contributed by atoms with van der Waals surface area (Å²) in [5, 5.41) is 5.08. The Bertz CT molecular complexity index is 736. The van der Waals surface area contributed by atoms with E-state index >= 15 is 0 Å². The number of aryl methyl sites for hydroxylation is 1. The van der Waals surface area contributed by atoms with Gasteiger partial charge in [0.05, 0.1) is 31.0 Å². The van der Waals surface area contributed by atoms with Crippen molar-refractivity contribution < 1.29 is 23.5 Å². The molecule has 7 nitrogen and oxygen atoms in total. The largest absolute Gasteiger partial charge is 0.469 e. The third kappa shape index (κ3) is 4.19. The second-order valence-electron chi connectivity index (χ2n) is 4.69. The molecule has 0 aliphatic heterocycles. The third-order valence-electron chi connectivity index (χ3n) is 3.08. The number of carbonyl (C=O) groups is 3. The van der Waals surface area contributed by atoms with Gasteiger partial charge < -0.3 is 19.8 Å². The maximum Gasteiger partial charge on any atom is 0.337 e. The van der Waals surface area contributed by atoms with E-state index in [1.165, 1.54) is 25.5 Å². The third-order valence-corrected chi connectivity index (χ3v) is 3.08. The highest BCUT2D eigenvalue weighted by atomic mass is 16.5. The minimum absolute atomic E-state index is 0.202. The minimum Gasteiger partial charge on any atom is -0.469 e. The zero-order valence-corrected chi connectivity index (χ0v) is 12.7. The summed E-state index contributed by atoms with van der Waals surface area (Å²) < 4.78 is 9.64. The number of carbonyl (C=O) groups excluding carboxylic acids is 3. The van der Waals surface area contributed by atoms with Crippen LogP contribution in [0.2, 0.25) is 0 Å². The quantitative estimate of drug-likeness (QED) is 0.819. The lowest BCUT2D eigenvalue weighted by molar-refractivity contribution is -0.115. The van der Waals surface area contributed by atoms with Crippen LogP contribution in [-0.4, -0.2) is 31.4 Å². The summed E-state index contributed by atoms with van der Waals surface area (Å²) in [6, 6.07) is 7.85. The summed E-state index contributed by atoms with van der Waals surface area (Å²) >= 11 is 0. The van der Waals surface area contributed by atoms with Crippen LogP contribution < -0.4 is 10.6 Å². The number of esters is 1. The number of ether oxygens (including phenoxy) is 1. The van der Waals surface area contributed by atoms with E-state index < -0.39 is 17.8 Å². The molecule has 1 aromatic heterocycles. The summed E-state index contributed by atoms with van der Waals surface area (Å²) in [5.74, 6) is -0.824. The van der Waals surface area contributed by atoms with Gasteiger partial charge in [-0.3, -0.25) is 9.59 Å². The molecule has 23 heavy (non-hydrogen) atoms. The predicted octanol–water partition coefficient (Wildman–Crippen LogP) is 1.74. The van der Waals surface area contributed by atoms with Crippen LogP contribution in [0.1, 0.15) is 26.5 Å². The first-order valence-electron chi connectivity index (χ1n) is 6.82. The van der Waals surface area contributed by atoms with Crippen molar-refractivity contribution in [2.24, 2.45) is 0 Å². The van der Waals surface area contributed by atoms with E-state index in [0.29, 0.717) is 22.6 Å². The van der Waals surface area contributed by atoms with Crippen LogP contribution >= 0.6 is 0 Å². The Hall–Kier alpha value is -3.09. The topological polar surface area (TPSA) is 97.6 Å². The van der Waals surface area contributed by atoms with Crippen LogP contribution in [0.25, 0.3) is 0 Å². The van der Waals surface area contributed by atoms with E-state index in [2.05, 4.69) is 15.4 Å². The zero-order valence-electron chi connectivity index (χ0n) is 12.7.